The molecule has 2 aromatic rings. The minimum atomic E-state index is -1.13. The highest BCUT2D eigenvalue weighted by Crippen LogP contribution is 2.41. The normalized spacial score (nSPS) is 20.5. The van der Waals surface area contributed by atoms with E-state index in [0.29, 0.717) is 23.4 Å². The number of fused-ring (bicyclic) bond motifs is 1. The van der Waals surface area contributed by atoms with E-state index in [0.717, 1.165) is 5.56 Å². The Hall–Kier alpha value is -3.72. The van der Waals surface area contributed by atoms with Gasteiger partial charge in [0.05, 0.1) is 5.56 Å². The van der Waals surface area contributed by atoms with Gasteiger partial charge in [-0.05, 0) is 17.2 Å². The van der Waals surface area contributed by atoms with Crippen LogP contribution in [0.4, 0.5) is 0 Å². The third kappa shape index (κ3) is 4.33. The molecule has 1 aromatic heterocycles. The third-order valence-corrected chi connectivity index (χ3v) is 6.45. The van der Waals surface area contributed by atoms with Crippen LogP contribution < -0.4 is 10.3 Å². The van der Waals surface area contributed by atoms with Crippen molar-refractivity contribution in [1.82, 2.24) is 4.90 Å². The van der Waals surface area contributed by atoms with E-state index >= 15 is 0 Å². The fourth-order valence-electron chi connectivity index (χ4n) is 3.52. The fourth-order valence-corrected chi connectivity index (χ4v) is 4.83. The number of aliphatic carboxylic acids is 1. The van der Waals surface area contributed by atoms with E-state index in [1.54, 1.807) is 36.8 Å². The number of aromatic nitrogens is 1. The predicted octanol–water partition coefficient (Wildman–Crippen LogP) is 1.37. The second-order valence-corrected chi connectivity index (χ2v) is 8.38. The van der Waals surface area contributed by atoms with Gasteiger partial charge in [-0.2, -0.15) is 0 Å². The number of rotatable bonds is 7. The summed E-state index contributed by atoms with van der Waals surface area (Å²) in [4.78, 5) is 41.5. The van der Waals surface area contributed by atoms with Crippen molar-refractivity contribution in [2.45, 2.75) is 18.0 Å². The molecule has 32 heavy (non-hydrogen) atoms. The number of aliphatic imine (C=N–C) groups is 1. The summed E-state index contributed by atoms with van der Waals surface area (Å²) < 4.78 is 1.83. The molecule has 0 radical (unpaired) electrons. The van der Waals surface area contributed by atoms with E-state index in [9.17, 15) is 19.5 Å². The molecule has 0 aliphatic carbocycles. The first-order valence-corrected chi connectivity index (χ1v) is 11.0. The molecule has 0 spiro atoms. The molecule has 1 unspecified atom stereocenters. The lowest BCUT2D eigenvalue weighted by molar-refractivity contribution is -0.687. The van der Waals surface area contributed by atoms with Crippen LogP contribution in [-0.2, 0) is 16.1 Å². The number of nitrogens with zero attached hydrogens (tertiary/aromatic N) is 3. The van der Waals surface area contributed by atoms with Gasteiger partial charge in [0.2, 0.25) is 5.91 Å². The molecule has 162 valence electrons. The summed E-state index contributed by atoms with van der Waals surface area (Å²) >= 11 is 1.50. The maximum absolute atomic E-state index is 12.7. The Bertz CT molecular complexity index is 1140. The average molecular weight is 450 g/mol. The second kappa shape index (κ2) is 9.19. The number of allylic oxidation sites excluding steroid dienone is 2. The highest BCUT2D eigenvalue weighted by atomic mass is 32.2. The van der Waals surface area contributed by atoms with Gasteiger partial charge < -0.3 is 10.8 Å². The molecule has 0 saturated carbocycles. The molecule has 2 amide bonds. The van der Waals surface area contributed by atoms with Gasteiger partial charge in [-0.25, -0.2) is 9.36 Å². The smallest absolute Gasteiger partial charge is 0.352 e. The molecular weight excluding hydrogens is 428 g/mol. The van der Waals surface area contributed by atoms with E-state index in [2.05, 4.69) is 4.99 Å². The van der Waals surface area contributed by atoms with Crippen LogP contribution in [0.5, 0.6) is 0 Å². The highest BCUT2D eigenvalue weighted by Gasteiger charge is 2.53. The Morgan fingerprint density at radius 3 is 2.59 bits per heavy atom. The first-order valence-electron chi connectivity index (χ1n) is 9.90. The molecular formula is C23H21N4O4S+. The number of benzene rings is 1. The number of hydrogen-bond acceptors (Lipinski definition) is 5. The predicted molar refractivity (Wildman–Crippen MR) is 120 cm³/mol. The zero-order valence-corrected chi connectivity index (χ0v) is 17.8. The van der Waals surface area contributed by atoms with E-state index in [1.807, 2.05) is 41.0 Å². The Morgan fingerprint density at radius 2 is 1.94 bits per heavy atom. The van der Waals surface area contributed by atoms with Crippen LogP contribution in [0.25, 0.3) is 0 Å². The van der Waals surface area contributed by atoms with Crippen molar-refractivity contribution in [3.63, 3.8) is 0 Å². The standard InChI is InChI=1S/C23H20N4O4S/c24-20(28)16-8-11-26(12-9-16)10-4-7-17-14-32-22-18(21(29)27(22)19(17)23(30)31)25-13-15-5-2-1-3-6-15/h1-9,11-13,18,22H,10,14H2,(H2-,24,28,30,31)/p+1/t18?,22-/m0/s1. The largest absolute Gasteiger partial charge is 0.477 e. The van der Waals surface area contributed by atoms with Crippen molar-refractivity contribution >= 4 is 35.8 Å². The summed E-state index contributed by atoms with van der Waals surface area (Å²) in [7, 11) is 0. The van der Waals surface area contributed by atoms with Gasteiger partial charge in [-0.3, -0.25) is 19.5 Å². The number of carboxylic acids is 1. The van der Waals surface area contributed by atoms with Crippen LogP contribution in [0.15, 0.2) is 83.3 Å². The van der Waals surface area contributed by atoms with Gasteiger partial charge in [-0.1, -0.05) is 36.4 Å². The number of amides is 2. The van der Waals surface area contributed by atoms with Gasteiger partial charge in [0.1, 0.15) is 11.1 Å². The molecule has 9 heteroatoms. The minimum absolute atomic E-state index is 0.00948. The average Bonchev–Trinajstić information content (AvgIpc) is 2.79. The maximum atomic E-state index is 12.7. The number of nitrogens with two attached hydrogens (primary N) is 1. The fraction of sp³-hybridized carbons (Fsp3) is 0.174. The summed E-state index contributed by atoms with van der Waals surface area (Å²) in [5.41, 5.74) is 7.12. The summed E-state index contributed by atoms with van der Waals surface area (Å²) in [6, 6.07) is 12.1. The molecule has 8 nitrogen and oxygen atoms in total. The van der Waals surface area contributed by atoms with Crippen LogP contribution >= 0.6 is 11.8 Å². The molecule has 0 bridgehead atoms. The van der Waals surface area contributed by atoms with Crippen LogP contribution in [0.2, 0.25) is 0 Å². The molecule has 1 saturated heterocycles. The topological polar surface area (TPSA) is 117 Å². The number of thioether (sulfide) groups is 1. The van der Waals surface area contributed by atoms with Gasteiger partial charge in [0.25, 0.3) is 5.91 Å². The number of carbonyl (C=O) groups is 3. The molecule has 2 aliphatic heterocycles. The summed E-state index contributed by atoms with van der Waals surface area (Å²) in [5.74, 6) is -1.47. The number of carbonyl (C=O) groups excluding carboxylic acids is 2. The summed E-state index contributed by atoms with van der Waals surface area (Å²) in [6.45, 7) is 0.474. The third-order valence-electron chi connectivity index (χ3n) is 5.17. The number of hydrogen-bond donors (Lipinski definition) is 2. The number of pyridine rings is 1. The van der Waals surface area contributed by atoms with Crippen molar-refractivity contribution in [2.75, 3.05) is 5.75 Å². The Balaban J connectivity index is 1.47. The number of β-lactam (4-membered cyclic amide) rings is 1. The highest BCUT2D eigenvalue weighted by molar-refractivity contribution is 8.00. The first-order chi connectivity index (χ1) is 15.5. The van der Waals surface area contributed by atoms with E-state index in [-0.39, 0.29) is 17.0 Å². The van der Waals surface area contributed by atoms with Gasteiger partial charge in [0.15, 0.2) is 25.0 Å². The Labute approximate surface area is 188 Å². The Morgan fingerprint density at radius 1 is 1.22 bits per heavy atom. The van der Waals surface area contributed by atoms with Crippen molar-refractivity contribution in [3.8, 4) is 0 Å². The molecule has 1 fully saturated rings. The number of carboxylic acid groups (broad SMARTS) is 1. The van der Waals surface area contributed by atoms with E-state index < -0.39 is 17.9 Å². The van der Waals surface area contributed by atoms with E-state index in [4.69, 9.17) is 5.73 Å². The molecule has 2 atom stereocenters. The molecule has 4 rings (SSSR count). The van der Waals surface area contributed by atoms with Gasteiger partial charge in [-0.15, -0.1) is 11.8 Å². The van der Waals surface area contributed by atoms with Crippen molar-refractivity contribution in [1.29, 1.82) is 0 Å². The maximum Gasteiger partial charge on any atom is 0.352 e. The van der Waals surface area contributed by atoms with Crippen molar-refractivity contribution in [3.05, 3.63) is 89.4 Å². The summed E-state index contributed by atoms with van der Waals surface area (Å²) in [6.07, 6.45) is 8.64. The van der Waals surface area contributed by atoms with Crippen molar-refractivity contribution < 1.29 is 24.1 Å². The lowest BCUT2D eigenvalue weighted by Crippen LogP contribution is -2.64. The monoisotopic (exact) mass is 449 g/mol. The van der Waals surface area contributed by atoms with E-state index in [1.165, 1.54) is 16.7 Å². The molecule has 3 N–H and O–H groups in total. The zero-order valence-electron chi connectivity index (χ0n) is 17.0. The number of primary amides is 1. The zero-order chi connectivity index (χ0) is 22.7. The SMILES string of the molecule is NC(=O)c1cc[n+](CC=CC2=C(C(=O)O)N3C(=O)C(N=Cc4ccccc4)[C@@H]3SC2)cc1. The molecule has 1 aromatic carbocycles. The lowest BCUT2D eigenvalue weighted by atomic mass is 10.0. The van der Waals surface area contributed by atoms with Gasteiger partial charge >= 0.3 is 5.97 Å². The van der Waals surface area contributed by atoms with Crippen LogP contribution in [0, 0.1) is 0 Å². The summed E-state index contributed by atoms with van der Waals surface area (Å²) in [5, 5.41) is 9.44. The first kappa shape index (κ1) is 21.5. The van der Waals surface area contributed by atoms with Crippen molar-refractivity contribution in [2.24, 2.45) is 10.7 Å². The van der Waals surface area contributed by atoms with Crippen LogP contribution in [0.3, 0.4) is 0 Å². The molecule has 2 aliphatic rings. The Kier molecular flexibility index (Phi) is 6.18. The van der Waals surface area contributed by atoms with Gasteiger partial charge in [0, 0.05) is 24.1 Å². The molecule has 3 heterocycles. The lowest BCUT2D eigenvalue weighted by Gasteiger charge is -2.47. The quantitative estimate of drug-likeness (QED) is 0.376. The van der Waals surface area contributed by atoms with Crippen LogP contribution in [0.1, 0.15) is 15.9 Å². The van der Waals surface area contributed by atoms with Crippen LogP contribution in [-0.4, -0.2) is 51.2 Å². The minimum Gasteiger partial charge on any atom is -0.477 e. The second-order valence-electron chi connectivity index (χ2n) is 7.27.